The van der Waals surface area contributed by atoms with E-state index in [-0.39, 0.29) is 11.7 Å². The van der Waals surface area contributed by atoms with E-state index in [0.717, 1.165) is 16.7 Å². The number of nitrogens with zero attached hydrogens (tertiary/aromatic N) is 1. The van der Waals surface area contributed by atoms with Gasteiger partial charge in [-0.25, -0.2) is 4.79 Å². The number of carbonyl (C=O) groups excluding carboxylic acids is 3. The van der Waals surface area contributed by atoms with Gasteiger partial charge in [-0.15, -0.1) is 0 Å². The summed E-state index contributed by atoms with van der Waals surface area (Å²) in [6.07, 6.45) is -0.0881. The van der Waals surface area contributed by atoms with E-state index in [0.29, 0.717) is 24.2 Å². The van der Waals surface area contributed by atoms with Crippen LogP contribution in [0.2, 0.25) is 0 Å². The molecule has 0 radical (unpaired) electrons. The van der Waals surface area contributed by atoms with Gasteiger partial charge in [0.2, 0.25) is 5.91 Å². The number of carbonyl (C=O) groups is 3. The van der Waals surface area contributed by atoms with Crippen molar-refractivity contribution >= 4 is 36.2 Å². The van der Waals surface area contributed by atoms with Crippen molar-refractivity contribution in [3.8, 4) is 0 Å². The van der Waals surface area contributed by atoms with Crippen LogP contribution in [0.3, 0.4) is 0 Å². The van der Waals surface area contributed by atoms with Crippen molar-refractivity contribution in [3.63, 3.8) is 0 Å². The summed E-state index contributed by atoms with van der Waals surface area (Å²) in [5, 5.41) is 5.63. The van der Waals surface area contributed by atoms with Crippen LogP contribution in [-0.2, 0) is 14.3 Å². The lowest BCUT2D eigenvalue weighted by atomic mass is 9.98. The van der Waals surface area contributed by atoms with Crippen LogP contribution in [0.4, 0.5) is 10.5 Å². The average Bonchev–Trinajstić information content (AvgIpc) is 2.76. The maximum atomic E-state index is 13.8. The molecule has 2 aromatic rings. The molecule has 2 aromatic carbocycles. The summed E-state index contributed by atoms with van der Waals surface area (Å²) < 4.78 is 5.34. The number of aryl methyl sites for hydroxylation is 3. The van der Waals surface area contributed by atoms with Gasteiger partial charge in [-0.2, -0.15) is 12.6 Å². The number of hydrogen-bond acceptors (Lipinski definition) is 5. The lowest BCUT2D eigenvalue weighted by Crippen LogP contribution is -2.53. The highest BCUT2D eigenvalue weighted by Crippen LogP contribution is 2.27. The highest BCUT2D eigenvalue weighted by Gasteiger charge is 2.35. The van der Waals surface area contributed by atoms with Crippen LogP contribution in [-0.4, -0.2) is 46.7 Å². The van der Waals surface area contributed by atoms with Crippen molar-refractivity contribution in [3.05, 3.63) is 64.7 Å². The first-order valence-electron chi connectivity index (χ1n) is 12.2. The van der Waals surface area contributed by atoms with Crippen molar-refractivity contribution in [2.24, 2.45) is 0 Å². The molecule has 3 amide bonds. The summed E-state index contributed by atoms with van der Waals surface area (Å²) in [6, 6.07) is 11.5. The van der Waals surface area contributed by atoms with Crippen molar-refractivity contribution in [1.29, 1.82) is 0 Å². The van der Waals surface area contributed by atoms with Gasteiger partial charge in [0.15, 0.2) is 0 Å². The van der Waals surface area contributed by atoms with Gasteiger partial charge in [-0.3, -0.25) is 9.59 Å². The van der Waals surface area contributed by atoms with Crippen molar-refractivity contribution in [2.75, 3.05) is 17.6 Å². The molecule has 2 atom stereocenters. The SMILES string of the molecule is CCCN(C(=O)C(CS)NC(=O)OC(C)(C)C)C(C(=O)Nc1ccccc1C)c1cc(C)cc(C)c1. The molecule has 36 heavy (non-hydrogen) atoms. The number of thiol groups is 1. The number of anilines is 1. The predicted octanol–water partition coefficient (Wildman–Crippen LogP) is 5.35. The number of ether oxygens (including phenoxy) is 1. The molecule has 2 N–H and O–H groups in total. The molecule has 0 spiro atoms. The molecule has 7 nitrogen and oxygen atoms in total. The molecule has 0 saturated heterocycles. The zero-order chi connectivity index (χ0) is 27.0. The van der Waals surface area contributed by atoms with Crippen LogP contribution in [0.5, 0.6) is 0 Å². The second-order valence-electron chi connectivity index (χ2n) is 10.0. The molecule has 2 rings (SSSR count). The maximum Gasteiger partial charge on any atom is 0.408 e. The van der Waals surface area contributed by atoms with E-state index in [9.17, 15) is 14.4 Å². The zero-order valence-electron chi connectivity index (χ0n) is 22.3. The van der Waals surface area contributed by atoms with Crippen LogP contribution in [0, 0.1) is 20.8 Å². The standard InChI is InChI=1S/C28H39N3O4S/c1-8-13-31(26(33)23(17-36)30-27(34)35-28(5,6)7)24(21-15-18(2)14-19(3)16-21)25(32)29-22-12-10-9-11-20(22)4/h9-12,14-16,23-24,36H,8,13,17H2,1-7H3,(H,29,32)(H,30,34). The topological polar surface area (TPSA) is 87.7 Å². The normalized spacial score (nSPS) is 12.9. The van der Waals surface area contributed by atoms with Gasteiger partial charge in [0.1, 0.15) is 17.7 Å². The quantitative estimate of drug-likeness (QED) is 0.394. The third-order valence-electron chi connectivity index (χ3n) is 5.44. The van der Waals surface area contributed by atoms with E-state index in [2.05, 4.69) is 23.3 Å². The van der Waals surface area contributed by atoms with E-state index in [1.165, 1.54) is 4.90 Å². The molecular weight excluding hydrogens is 474 g/mol. The number of para-hydroxylation sites is 1. The van der Waals surface area contributed by atoms with Crippen LogP contribution < -0.4 is 10.6 Å². The Balaban J connectivity index is 2.49. The highest BCUT2D eigenvalue weighted by molar-refractivity contribution is 7.80. The summed E-state index contributed by atoms with van der Waals surface area (Å²) in [5.74, 6) is -0.676. The first-order valence-corrected chi connectivity index (χ1v) is 12.8. The summed E-state index contributed by atoms with van der Waals surface area (Å²) in [4.78, 5) is 41.6. The van der Waals surface area contributed by atoms with E-state index in [4.69, 9.17) is 4.74 Å². The second kappa shape index (κ2) is 12.8. The summed E-state index contributed by atoms with van der Waals surface area (Å²) in [7, 11) is 0. The smallest absolute Gasteiger partial charge is 0.408 e. The summed E-state index contributed by atoms with van der Waals surface area (Å²) in [6.45, 7) is 13.3. The third kappa shape index (κ3) is 8.29. The van der Waals surface area contributed by atoms with Gasteiger partial charge in [-0.05, 0) is 65.2 Å². The van der Waals surface area contributed by atoms with Crippen LogP contribution in [0.1, 0.15) is 62.4 Å². The lowest BCUT2D eigenvalue weighted by molar-refractivity contribution is -0.140. The van der Waals surface area contributed by atoms with Crippen molar-refractivity contribution < 1.29 is 19.1 Å². The van der Waals surface area contributed by atoms with Crippen LogP contribution >= 0.6 is 12.6 Å². The Morgan fingerprint density at radius 1 is 1.03 bits per heavy atom. The number of alkyl carbamates (subject to hydrolysis) is 1. The number of benzene rings is 2. The van der Waals surface area contributed by atoms with Gasteiger partial charge in [-0.1, -0.05) is 54.4 Å². The van der Waals surface area contributed by atoms with Gasteiger partial charge in [0.25, 0.3) is 5.91 Å². The molecule has 0 saturated carbocycles. The van der Waals surface area contributed by atoms with Gasteiger partial charge in [0.05, 0.1) is 0 Å². The number of amides is 3. The molecule has 0 heterocycles. The van der Waals surface area contributed by atoms with Crippen molar-refractivity contribution in [1.82, 2.24) is 10.2 Å². The summed E-state index contributed by atoms with van der Waals surface area (Å²) in [5.41, 5.74) is 3.56. The summed E-state index contributed by atoms with van der Waals surface area (Å²) >= 11 is 4.32. The Hall–Kier alpha value is -3.00. The second-order valence-corrected chi connectivity index (χ2v) is 10.4. The lowest BCUT2D eigenvalue weighted by Gasteiger charge is -2.34. The largest absolute Gasteiger partial charge is 0.444 e. The molecule has 0 fully saturated rings. The zero-order valence-corrected chi connectivity index (χ0v) is 23.2. The van der Waals surface area contributed by atoms with Gasteiger partial charge >= 0.3 is 6.09 Å². The van der Waals surface area contributed by atoms with Crippen LogP contribution in [0.15, 0.2) is 42.5 Å². The molecule has 0 aliphatic heterocycles. The Kier molecular flexibility index (Phi) is 10.4. The highest BCUT2D eigenvalue weighted by atomic mass is 32.1. The van der Waals surface area contributed by atoms with E-state index < -0.39 is 29.7 Å². The minimum Gasteiger partial charge on any atom is -0.444 e. The third-order valence-corrected chi connectivity index (χ3v) is 5.81. The minimum absolute atomic E-state index is 0.0528. The monoisotopic (exact) mass is 513 g/mol. The average molecular weight is 514 g/mol. The number of rotatable bonds is 9. The minimum atomic E-state index is -0.964. The molecule has 2 unspecified atom stereocenters. The fourth-order valence-electron chi connectivity index (χ4n) is 4.00. The fraction of sp³-hybridized carbons (Fsp3) is 0.464. The number of hydrogen-bond donors (Lipinski definition) is 3. The Bertz CT molecular complexity index is 1060. The Labute approximate surface area is 220 Å². The maximum absolute atomic E-state index is 13.8. The van der Waals surface area contributed by atoms with E-state index >= 15 is 0 Å². The molecular formula is C28H39N3O4S. The van der Waals surface area contributed by atoms with Crippen LogP contribution in [0.25, 0.3) is 0 Å². The first-order chi connectivity index (χ1) is 16.9. The first kappa shape index (κ1) is 29.2. The van der Waals surface area contributed by atoms with Gasteiger partial charge < -0.3 is 20.3 Å². The van der Waals surface area contributed by atoms with E-state index in [1.54, 1.807) is 20.8 Å². The molecule has 0 bridgehead atoms. The number of nitrogens with one attached hydrogen (secondary N) is 2. The Morgan fingerprint density at radius 2 is 1.64 bits per heavy atom. The van der Waals surface area contributed by atoms with Gasteiger partial charge in [0, 0.05) is 18.0 Å². The molecule has 196 valence electrons. The van der Waals surface area contributed by atoms with Crippen molar-refractivity contribution in [2.45, 2.75) is 72.6 Å². The molecule has 0 aliphatic carbocycles. The predicted molar refractivity (Wildman–Crippen MR) is 147 cm³/mol. The molecule has 0 aliphatic rings. The van der Waals surface area contributed by atoms with E-state index in [1.807, 2.05) is 70.2 Å². The molecule has 8 heteroatoms. The molecule has 0 aromatic heterocycles. The fourth-order valence-corrected chi connectivity index (χ4v) is 4.25. The Morgan fingerprint density at radius 3 is 2.17 bits per heavy atom.